The molecule has 5 aromatic rings. The molecule has 3 heterocycles. The molecular formula is C26H24N6O2. The third-order valence-corrected chi connectivity index (χ3v) is 6.92. The first-order valence-corrected chi connectivity index (χ1v) is 11.6. The van der Waals surface area contributed by atoms with E-state index in [-0.39, 0.29) is 0 Å². The SMILES string of the molecule is O=C(O)CC1CCC(c2ccc(-c3ccc(-c4nc5cc6n[nH][nH]c6cc5n4)cn3)cc2)CC1. The number of aromatic amines is 2. The van der Waals surface area contributed by atoms with Gasteiger partial charge in [-0.25, -0.2) is 15.2 Å². The lowest BCUT2D eigenvalue weighted by Gasteiger charge is -2.28. The highest BCUT2D eigenvalue weighted by Crippen LogP contribution is 2.37. The van der Waals surface area contributed by atoms with E-state index in [0.717, 1.165) is 64.6 Å². The number of H-pyrrole nitrogens is 2. The molecule has 8 heteroatoms. The normalized spacial score (nSPS) is 18.5. The van der Waals surface area contributed by atoms with Crippen LogP contribution < -0.4 is 0 Å². The lowest BCUT2D eigenvalue weighted by molar-refractivity contribution is -0.138. The number of rotatable bonds is 5. The van der Waals surface area contributed by atoms with Crippen molar-refractivity contribution in [2.24, 2.45) is 5.92 Å². The van der Waals surface area contributed by atoms with Crippen LogP contribution in [0.1, 0.15) is 43.6 Å². The minimum atomic E-state index is -0.682. The molecule has 6 rings (SSSR count). The number of aliphatic carboxylic acids is 1. The van der Waals surface area contributed by atoms with Crippen molar-refractivity contribution in [3.05, 3.63) is 60.3 Å². The van der Waals surface area contributed by atoms with Gasteiger partial charge in [-0.2, -0.15) is 5.10 Å². The number of pyridine rings is 1. The molecule has 0 aliphatic heterocycles. The van der Waals surface area contributed by atoms with Gasteiger partial charge in [0, 0.05) is 23.7 Å². The zero-order chi connectivity index (χ0) is 23.1. The van der Waals surface area contributed by atoms with Crippen LogP contribution in [0.15, 0.2) is 54.7 Å². The maximum Gasteiger partial charge on any atom is 0.303 e. The summed E-state index contributed by atoms with van der Waals surface area (Å²) in [7, 11) is 0. The number of hydrogen-bond donors (Lipinski definition) is 3. The van der Waals surface area contributed by atoms with E-state index < -0.39 is 5.97 Å². The van der Waals surface area contributed by atoms with Crippen LogP contribution in [0, 0.1) is 5.92 Å². The van der Waals surface area contributed by atoms with E-state index in [1.54, 1.807) is 0 Å². The molecule has 2 aromatic carbocycles. The quantitative estimate of drug-likeness (QED) is 0.332. The second kappa shape index (κ2) is 8.37. The first-order valence-electron chi connectivity index (χ1n) is 11.6. The highest BCUT2D eigenvalue weighted by atomic mass is 16.4. The number of fused-ring (bicyclic) bond motifs is 2. The fraction of sp³-hybridized carbons (Fsp3) is 0.269. The Labute approximate surface area is 195 Å². The molecule has 0 amide bonds. The Morgan fingerprint density at radius 1 is 0.912 bits per heavy atom. The zero-order valence-electron chi connectivity index (χ0n) is 18.5. The third kappa shape index (κ3) is 3.91. The van der Waals surface area contributed by atoms with Crippen LogP contribution in [0.5, 0.6) is 0 Å². The lowest BCUT2D eigenvalue weighted by atomic mass is 9.77. The summed E-state index contributed by atoms with van der Waals surface area (Å²) in [5, 5.41) is 18.9. The molecule has 1 aliphatic carbocycles. The Morgan fingerprint density at radius 3 is 2.35 bits per heavy atom. The Kier molecular flexibility index (Phi) is 5.05. The number of benzene rings is 2. The zero-order valence-corrected chi connectivity index (χ0v) is 18.5. The van der Waals surface area contributed by atoms with Crippen molar-refractivity contribution >= 4 is 28.0 Å². The topological polar surface area (TPSA) is 120 Å². The predicted octanol–water partition coefficient (Wildman–Crippen LogP) is 5.31. The monoisotopic (exact) mass is 452 g/mol. The van der Waals surface area contributed by atoms with Gasteiger partial charge >= 0.3 is 5.97 Å². The average Bonchev–Trinajstić information content (AvgIpc) is 3.49. The number of nitrogens with zero attached hydrogens (tertiary/aromatic N) is 4. The van der Waals surface area contributed by atoms with E-state index in [1.807, 2.05) is 30.5 Å². The van der Waals surface area contributed by atoms with Crippen LogP contribution >= 0.6 is 0 Å². The summed E-state index contributed by atoms with van der Waals surface area (Å²) in [6.07, 6.45) is 6.21. The second-order valence-corrected chi connectivity index (χ2v) is 9.12. The van der Waals surface area contributed by atoms with E-state index in [2.05, 4.69) is 54.6 Å². The van der Waals surface area contributed by atoms with Crippen molar-refractivity contribution in [3.8, 4) is 22.6 Å². The van der Waals surface area contributed by atoms with Crippen molar-refractivity contribution in [2.45, 2.75) is 38.0 Å². The number of imidazole rings is 1. The van der Waals surface area contributed by atoms with Gasteiger partial charge in [0.1, 0.15) is 5.52 Å². The van der Waals surface area contributed by atoms with Gasteiger partial charge in [0.25, 0.3) is 0 Å². The highest BCUT2D eigenvalue weighted by molar-refractivity contribution is 5.92. The number of carbonyl (C=O) groups is 1. The van der Waals surface area contributed by atoms with Crippen LogP contribution in [0.4, 0.5) is 0 Å². The Morgan fingerprint density at radius 2 is 1.65 bits per heavy atom. The van der Waals surface area contributed by atoms with E-state index in [1.165, 1.54) is 5.56 Å². The number of hydrogen-bond acceptors (Lipinski definition) is 5. The van der Waals surface area contributed by atoms with Gasteiger partial charge in [-0.1, -0.05) is 24.3 Å². The van der Waals surface area contributed by atoms with Gasteiger partial charge in [0.05, 0.1) is 22.2 Å². The van der Waals surface area contributed by atoms with Crippen molar-refractivity contribution < 1.29 is 9.90 Å². The van der Waals surface area contributed by atoms with Gasteiger partial charge < -0.3 is 5.11 Å². The van der Waals surface area contributed by atoms with Gasteiger partial charge in [0.15, 0.2) is 5.82 Å². The lowest BCUT2D eigenvalue weighted by Crippen LogP contribution is -2.16. The van der Waals surface area contributed by atoms with Crippen LogP contribution in [-0.4, -0.2) is 41.4 Å². The molecule has 8 nitrogen and oxygen atoms in total. The van der Waals surface area contributed by atoms with Gasteiger partial charge in [-0.3, -0.25) is 14.9 Å². The molecule has 3 N–H and O–H groups in total. The van der Waals surface area contributed by atoms with E-state index in [9.17, 15) is 4.79 Å². The van der Waals surface area contributed by atoms with Crippen molar-refractivity contribution in [1.29, 1.82) is 0 Å². The molecule has 1 saturated carbocycles. The van der Waals surface area contributed by atoms with Crippen LogP contribution in [0.3, 0.4) is 0 Å². The molecule has 1 aliphatic rings. The first kappa shape index (κ1) is 20.5. The Bertz CT molecular complexity index is 1410. The van der Waals surface area contributed by atoms with Gasteiger partial charge in [-0.05, 0) is 67.3 Å². The highest BCUT2D eigenvalue weighted by Gasteiger charge is 2.24. The number of carboxylic acids is 1. The maximum atomic E-state index is 11.0. The molecule has 0 spiro atoms. The van der Waals surface area contributed by atoms with E-state index in [0.29, 0.717) is 24.1 Å². The van der Waals surface area contributed by atoms with E-state index in [4.69, 9.17) is 5.11 Å². The van der Waals surface area contributed by atoms with Crippen molar-refractivity contribution in [1.82, 2.24) is 30.4 Å². The van der Waals surface area contributed by atoms with E-state index >= 15 is 0 Å². The minimum Gasteiger partial charge on any atom is -0.481 e. The fourth-order valence-electron chi connectivity index (χ4n) is 5.04. The Balaban J connectivity index is 1.16. The number of carboxylic acid groups (broad SMARTS) is 1. The van der Waals surface area contributed by atoms with Gasteiger partial charge in [0.2, 0.25) is 0 Å². The maximum absolute atomic E-state index is 11.0. The smallest absolute Gasteiger partial charge is 0.303 e. The fourth-order valence-corrected chi connectivity index (χ4v) is 5.04. The average molecular weight is 453 g/mol. The summed E-state index contributed by atoms with van der Waals surface area (Å²) in [5.74, 6) is 0.806. The summed E-state index contributed by atoms with van der Waals surface area (Å²) in [6, 6.07) is 16.5. The predicted molar refractivity (Wildman–Crippen MR) is 129 cm³/mol. The number of aromatic nitrogens is 6. The second-order valence-electron chi connectivity index (χ2n) is 9.12. The molecule has 0 unspecified atom stereocenters. The molecule has 0 radical (unpaired) electrons. The van der Waals surface area contributed by atoms with Crippen LogP contribution in [-0.2, 0) is 4.79 Å². The van der Waals surface area contributed by atoms with Crippen LogP contribution in [0.25, 0.3) is 44.7 Å². The molecule has 0 atom stereocenters. The first-order chi connectivity index (χ1) is 16.6. The van der Waals surface area contributed by atoms with Crippen molar-refractivity contribution in [2.75, 3.05) is 0 Å². The van der Waals surface area contributed by atoms with Crippen molar-refractivity contribution in [3.63, 3.8) is 0 Å². The third-order valence-electron chi connectivity index (χ3n) is 6.92. The number of nitrogens with one attached hydrogen (secondary N) is 2. The summed E-state index contributed by atoms with van der Waals surface area (Å²) in [6.45, 7) is 0. The summed E-state index contributed by atoms with van der Waals surface area (Å²) < 4.78 is 0. The van der Waals surface area contributed by atoms with Crippen LogP contribution in [0.2, 0.25) is 0 Å². The molecule has 0 saturated heterocycles. The summed E-state index contributed by atoms with van der Waals surface area (Å²) in [4.78, 5) is 24.9. The Hall–Kier alpha value is -4.07. The molecular weight excluding hydrogens is 428 g/mol. The summed E-state index contributed by atoms with van der Waals surface area (Å²) >= 11 is 0. The molecule has 0 bridgehead atoms. The molecule has 3 aromatic heterocycles. The molecule has 170 valence electrons. The molecule has 1 fully saturated rings. The minimum absolute atomic E-state index is 0.297. The largest absolute Gasteiger partial charge is 0.481 e. The standard InChI is InChI=1S/C26H24N6O2/c33-25(34)11-15-1-3-16(4-2-15)17-5-7-18(8-6-17)20-10-9-19(14-27-20)26-28-21-12-23-24(31-32-30-23)13-22(21)29-26/h5-10,12-16,30,32H,1-4,11H2,(H,33,34). The summed E-state index contributed by atoms with van der Waals surface area (Å²) in [5.41, 5.74) is 7.52. The van der Waals surface area contributed by atoms with Gasteiger partial charge in [-0.15, -0.1) is 0 Å². The molecule has 34 heavy (non-hydrogen) atoms.